The monoisotopic (exact) mass is 390 g/mol. The first-order valence-corrected chi connectivity index (χ1v) is 9.56. The molecule has 0 saturated carbocycles. The summed E-state index contributed by atoms with van der Waals surface area (Å²) in [6.45, 7) is 7.14. The lowest BCUT2D eigenvalue weighted by Gasteiger charge is -2.35. The molecule has 1 unspecified atom stereocenters. The standard InChI is InChI=1S/C20H27FN4O3/c1-14(2)16(12-26)23-20(27)17-13-28-19(22-17)11-24-7-9-25(10-8-24)18-6-4-3-5-15(18)21/h3-6,13-14,16,26H,7-12H2,1-2H3,(H,23,27). The number of oxazole rings is 1. The van der Waals surface area contributed by atoms with E-state index in [1.54, 1.807) is 12.1 Å². The van der Waals surface area contributed by atoms with E-state index in [0.29, 0.717) is 31.2 Å². The van der Waals surface area contributed by atoms with Gasteiger partial charge in [0.1, 0.15) is 12.1 Å². The van der Waals surface area contributed by atoms with E-state index in [1.807, 2.05) is 24.8 Å². The number of carbonyl (C=O) groups is 1. The fourth-order valence-electron chi connectivity index (χ4n) is 3.20. The van der Waals surface area contributed by atoms with E-state index in [2.05, 4.69) is 15.2 Å². The van der Waals surface area contributed by atoms with E-state index in [9.17, 15) is 14.3 Å². The molecule has 8 heteroatoms. The van der Waals surface area contributed by atoms with Crippen molar-refractivity contribution in [1.29, 1.82) is 0 Å². The highest BCUT2D eigenvalue weighted by Gasteiger charge is 2.22. The van der Waals surface area contributed by atoms with Crippen LogP contribution in [0.2, 0.25) is 0 Å². The number of anilines is 1. The summed E-state index contributed by atoms with van der Waals surface area (Å²) in [7, 11) is 0. The summed E-state index contributed by atoms with van der Waals surface area (Å²) < 4.78 is 19.4. The zero-order chi connectivity index (χ0) is 20.1. The summed E-state index contributed by atoms with van der Waals surface area (Å²) in [4.78, 5) is 20.7. The van der Waals surface area contributed by atoms with Crippen LogP contribution in [0.5, 0.6) is 0 Å². The molecule has 1 aromatic heterocycles. The molecule has 2 heterocycles. The van der Waals surface area contributed by atoms with E-state index in [-0.39, 0.29) is 36.0 Å². The number of rotatable bonds is 7. The molecule has 7 nitrogen and oxygen atoms in total. The average molecular weight is 390 g/mol. The Kier molecular flexibility index (Phi) is 6.64. The molecular formula is C20H27FN4O3. The fraction of sp³-hybridized carbons (Fsp3) is 0.500. The van der Waals surface area contributed by atoms with Gasteiger partial charge in [0.2, 0.25) is 5.89 Å². The predicted molar refractivity (Wildman–Crippen MR) is 104 cm³/mol. The van der Waals surface area contributed by atoms with Crippen LogP contribution >= 0.6 is 0 Å². The molecule has 28 heavy (non-hydrogen) atoms. The van der Waals surface area contributed by atoms with Gasteiger partial charge in [-0.05, 0) is 18.1 Å². The number of aromatic nitrogens is 1. The highest BCUT2D eigenvalue weighted by Crippen LogP contribution is 2.20. The first-order chi connectivity index (χ1) is 13.5. The van der Waals surface area contributed by atoms with E-state index in [0.717, 1.165) is 13.1 Å². The summed E-state index contributed by atoms with van der Waals surface area (Å²) in [6, 6.07) is 6.47. The number of hydrogen-bond donors (Lipinski definition) is 2. The summed E-state index contributed by atoms with van der Waals surface area (Å²) >= 11 is 0. The number of aliphatic hydroxyl groups excluding tert-OH is 1. The zero-order valence-corrected chi connectivity index (χ0v) is 16.3. The highest BCUT2D eigenvalue weighted by atomic mass is 19.1. The van der Waals surface area contributed by atoms with Crippen LogP contribution in [0.15, 0.2) is 34.9 Å². The Balaban J connectivity index is 1.52. The van der Waals surface area contributed by atoms with Gasteiger partial charge < -0.3 is 19.7 Å². The van der Waals surface area contributed by atoms with E-state index < -0.39 is 0 Å². The predicted octanol–water partition coefficient (Wildman–Crippen LogP) is 1.88. The zero-order valence-electron chi connectivity index (χ0n) is 16.3. The molecule has 1 aliphatic rings. The molecule has 2 aromatic rings. The molecular weight excluding hydrogens is 363 g/mol. The van der Waals surface area contributed by atoms with Crippen LogP contribution in [-0.4, -0.2) is 59.7 Å². The first kappa shape index (κ1) is 20.3. The van der Waals surface area contributed by atoms with Gasteiger partial charge >= 0.3 is 0 Å². The van der Waals surface area contributed by atoms with Crippen molar-refractivity contribution in [3.63, 3.8) is 0 Å². The maximum atomic E-state index is 13.9. The van der Waals surface area contributed by atoms with Crippen LogP contribution in [-0.2, 0) is 6.54 Å². The summed E-state index contributed by atoms with van der Waals surface area (Å²) in [5, 5.41) is 12.1. The molecule has 1 amide bonds. The minimum absolute atomic E-state index is 0.117. The van der Waals surface area contributed by atoms with Crippen molar-refractivity contribution in [1.82, 2.24) is 15.2 Å². The van der Waals surface area contributed by atoms with Crippen molar-refractivity contribution in [3.8, 4) is 0 Å². The van der Waals surface area contributed by atoms with Gasteiger partial charge in [-0.1, -0.05) is 26.0 Å². The number of halogens is 1. The molecule has 0 aliphatic carbocycles. The van der Waals surface area contributed by atoms with Gasteiger partial charge in [-0.2, -0.15) is 0 Å². The number of piperazine rings is 1. The quantitative estimate of drug-likeness (QED) is 0.751. The van der Waals surface area contributed by atoms with Crippen molar-refractivity contribution in [2.75, 3.05) is 37.7 Å². The van der Waals surface area contributed by atoms with Crippen LogP contribution in [0.3, 0.4) is 0 Å². The lowest BCUT2D eigenvalue weighted by Crippen LogP contribution is -2.46. The molecule has 1 atom stereocenters. The molecule has 2 N–H and O–H groups in total. The van der Waals surface area contributed by atoms with E-state index in [4.69, 9.17) is 4.42 Å². The third kappa shape index (κ3) is 4.88. The van der Waals surface area contributed by atoms with E-state index >= 15 is 0 Å². The molecule has 0 spiro atoms. The molecule has 1 fully saturated rings. The van der Waals surface area contributed by atoms with Gasteiger partial charge in [0, 0.05) is 26.2 Å². The lowest BCUT2D eigenvalue weighted by molar-refractivity contribution is 0.0891. The van der Waals surface area contributed by atoms with Gasteiger partial charge in [-0.25, -0.2) is 9.37 Å². The Morgan fingerprint density at radius 1 is 1.29 bits per heavy atom. The molecule has 1 aromatic carbocycles. The molecule has 1 saturated heterocycles. The number of amides is 1. The smallest absolute Gasteiger partial charge is 0.273 e. The van der Waals surface area contributed by atoms with Crippen LogP contribution in [0, 0.1) is 11.7 Å². The van der Waals surface area contributed by atoms with Crippen molar-refractivity contribution >= 4 is 11.6 Å². The molecule has 0 bridgehead atoms. The Morgan fingerprint density at radius 2 is 2.00 bits per heavy atom. The number of nitrogens with one attached hydrogen (secondary N) is 1. The third-order valence-corrected chi connectivity index (χ3v) is 5.03. The van der Waals surface area contributed by atoms with E-state index in [1.165, 1.54) is 12.3 Å². The second-order valence-corrected chi connectivity index (χ2v) is 7.35. The van der Waals surface area contributed by atoms with Crippen molar-refractivity contribution in [2.24, 2.45) is 5.92 Å². The largest absolute Gasteiger partial charge is 0.447 e. The lowest BCUT2D eigenvalue weighted by atomic mass is 10.1. The minimum atomic E-state index is -0.355. The molecule has 3 rings (SSSR count). The van der Waals surface area contributed by atoms with Gasteiger partial charge in [0.25, 0.3) is 5.91 Å². The van der Waals surface area contributed by atoms with Crippen LogP contribution in [0.1, 0.15) is 30.2 Å². The number of carbonyl (C=O) groups excluding carboxylic acids is 1. The summed E-state index contributed by atoms with van der Waals surface area (Å²) in [5.41, 5.74) is 0.833. The van der Waals surface area contributed by atoms with Gasteiger partial charge in [-0.3, -0.25) is 9.69 Å². The Morgan fingerprint density at radius 3 is 2.64 bits per heavy atom. The van der Waals surface area contributed by atoms with Gasteiger partial charge in [-0.15, -0.1) is 0 Å². The normalized spacial score (nSPS) is 16.4. The Hall–Kier alpha value is -2.45. The molecule has 152 valence electrons. The number of hydrogen-bond acceptors (Lipinski definition) is 6. The Labute approximate surface area is 164 Å². The number of para-hydroxylation sites is 1. The van der Waals surface area contributed by atoms with Crippen molar-refractivity contribution < 1.29 is 18.7 Å². The maximum Gasteiger partial charge on any atom is 0.273 e. The van der Waals surface area contributed by atoms with Crippen molar-refractivity contribution in [2.45, 2.75) is 26.4 Å². The summed E-state index contributed by atoms with van der Waals surface area (Å²) in [5.74, 6) is 0.0228. The maximum absolute atomic E-state index is 13.9. The second kappa shape index (κ2) is 9.16. The van der Waals surface area contributed by atoms with Crippen molar-refractivity contribution in [3.05, 3.63) is 47.9 Å². The third-order valence-electron chi connectivity index (χ3n) is 5.03. The average Bonchev–Trinajstić information content (AvgIpc) is 3.15. The SMILES string of the molecule is CC(C)C(CO)NC(=O)c1coc(CN2CCN(c3ccccc3F)CC2)n1. The van der Waals surface area contributed by atoms with Gasteiger partial charge in [0.05, 0.1) is 24.9 Å². The van der Waals surface area contributed by atoms with Gasteiger partial charge in [0.15, 0.2) is 5.69 Å². The topological polar surface area (TPSA) is 81.8 Å². The second-order valence-electron chi connectivity index (χ2n) is 7.35. The first-order valence-electron chi connectivity index (χ1n) is 9.56. The summed E-state index contributed by atoms with van der Waals surface area (Å²) in [6.07, 6.45) is 1.34. The highest BCUT2D eigenvalue weighted by molar-refractivity contribution is 5.92. The van der Waals surface area contributed by atoms with Crippen LogP contribution < -0.4 is 10.2 Å². The molecule has 0 radical (unpaired) electrons. The van der Waals surface area contributed by atoms with Crippen LogP contribution in [0.25, 0.3) is 0 Å². The number of nitrogens with zero attached hydrogens (tertiary/aromatic N) is 3. The van der Waals surface area contributed by atoms with Crippen LogP contribution in [0.4, 0.5) is 10.1 Å². The minimum Gasteiger partial charge on any atom is -0.447 e. The fourth-order valence-corrected chi connectivity index (χ4v) is 3.20. The Bertz CT molecular complexity index is 787. The molecule has 1 aliphatic heterocycles. The number of aliphatic hydroxyl groups is 1. The number of benzene rings is 1.